The van der Waals surface area contributed by atoms with Gasteiger partial charge >= 0.3 is 0 Å². The summed E-state index contributed by atoms with van der Waals surface area (Å²) in [6.45, 7) is 3.71. The first-order chi connectivity index (χ1) is 5.16. The average molecular weight is 214 g/mol. The van der Waals surface area contributed by atoms with Crippen LogP contribution in [0.5, 0.6) is 0 Å². The Morgan fingerprint density at radius 2 is 2.18 bits per heavy atom. The number of halogens is 1. The third-order valence-electron chi connectivity index (χ3n) is 1.64. The Morgan fingerprint density at radius 3 is 2.64 bits per heavy atom. The van der Waals surface area contributed by atoms with Gasteiger partial charge in [0.15, 0.2) is 6.29 Å². The van der Waals surface area contributed by atoms with Gasteiger partial charge in [-0.05, 0) is 35.3 Å². The molecule has 0 spiro atoms. The van der Waals surface area contributed by atoms with E-state index in [1.807, 2.05) is 13.8 Å². The monoisotopic (exact) mass is 213 g/mol. The highest BCUT2D eigenvalue weighted by molar-refractivity contribution is 9.10. The molecule has 0 aliphatic rings. The van der Waals surface area contributed by atoms with Crippen LogP contribution in [0.15, 0.2) is 10.7 Å². The van der Waals surface area contributed by atoms with Crippen molar-refractivity contribution in [1.29, 1.82) is 0 Å². The molecule has 58 valence electrons. The number of aldehydes is 1. The molecule has 0 bridgehead atoms. The van der Waals surface area contributed by atoms with Crippen LogP contribution in [0.2, 0.25) is 0 Å². The Bertz CT molecular complexity index is 296. The second kappa shape index (κ2) is 3.13. The van der Waals surface area contributed by atoms with E-state index in [1.54, 1.807) is 6.20 Å². The summed E-state index contributed by atoms with van der Waals surface area (Å²) in [4.78, 5) is 14.6. The average Bonchev–Trinajstić information content (AvgIpc) is 1.99. The van der Waals surface area contributed by atoms with Crippen LogP contribution in [-0.2, 0) is 0 Å². The predicted molar refractivity (Wildman–Crippen MR) is 46.8 cm³/mol. The van der Waals surface area contributed by atoms with Crippen molar-refractivity contribution >= 4 is 22.2 Å². The highest BCUT2D eigenvalue weighted by Gasteiger charge is 2.04. The van der Waals surface area contributed by atoms with Gasteiger partial charge < -0.3 is 0 Å². The molecule has 0 radical (unpaired) electrons. The Hall–Kier alpha value is -0.700. The minimum Gasteiger partial charge on any atom is -0.298 e. The lowest BCUT2D eigenvalue weighted by atomic mass is 10.1. The molecule has 0 saturated carbocycles. The number of pyridine rings is 1. The Kier molecular flexibility index (Phi) is 2.39. The first-order valence-corrected chi connectivity index (χ1v) is 4.03. The lowest BCUT2D eigenvalue weighted by molar-refractivity contribution is 0.112. The van der Waals surface area contributed by atoms with E-state index in [2.05, 4.69) is 20.9 Å². The Balaban J connectivity index is 3.40. The van der Waals surface area contributed by atoms with Gasteiger partial charge in [0.2, 0.25) is 0 Å². The fourth-order valence-corrected chi connectivity index (χ4v) is 1.21. The number of nitrogens with zero attached hydrogens (tertiary/aromatic N) is 1. The SMILES string of the molecule is Cc1ncc(Br)c(C)c1C=O. The molecule has 3 heteroatoms. The summed E-state index contributed by atoms with van der Waals surface area (Å²) in [6.07, 6.45) is 2.54. The van der Waals surface area contributed by atoms with E-state index < -0.39 is 0 Å². The minimum atomic E-state index is 0.680. The van der Waals surface area contributed by atoms with Crippen LogP contribution in [0.3, 0.4) is 0 Å². The van der Waals surface area contributed by atoms with E-state index in [-0.39, 0.29) is 0 Å². The zero-order valence-electron chi connectivity index (χ0n) is 6.39. The topological polar surface area (TPSA) is 30.0 Å². The molecule has 0 saturated heterocycles. The van der Waals surface area contributed by atoms with Gasteiger partial charge in [0.1, 0.15) is 0 Å². The second-order valence-corrected chi connectivity index (χ2v) is 3.20. The van der Waals surface area contributed by atoms with Crippen molar-refractivity contribution < 1.29 is 4.79 Å². The van der Waals surface area contributed by atoms with Crippen LogP contribution >= 0.6 is 15.9 Å². The molecule has 1 aromatic rings. The van der Waals surface area contributed by atoms with E-state index in [0.717, 1.165) is 22.0 Å². The fraction of sp³-hybridized carbons (Fsp3) is 0.250. The van der Waals surface area contributed by atoms with E-state index >= 15 is 0 Å². The second-order valence-electron chi connectivity index (χ2n) is 2.35. The summed E-state index contributed by atoms with van der Waals surface area (Å²) in [6, 6.07) is 0. The molecule has 0 aromatic carbocycles. The summed E-state index contributed by atoms with van der Waals surface area (Å²) in [7, 11) is 0. The number of aryl methyl sites for hydroxylation is 1. The maximum absolute atomic E-state index is 10.5. The summed E-state index contributed by atoms with van der Waals surface area (Å²) in [5.41, 5.74) is 2.41. The van der Waals surface area contributed by atoms with E-state index in [9.17, 15) is 4.79 Å². The van der Waals surface area contributed by atoms with E-state index in [1.165, 1.54) is 0 Å². The molecule has 2 nitrogen and oxygen atoms in total. The Labute approximate surface area is 73.8 Å². The predicted octanol–water partition coefficient (Wildman–Crippen LogP) is 2.27. The molecule has 1 aromatic heterocycles. The van der Waals surface area contributed by atoms with Crippen molar-refractivity contribution in [3.63, 3.8) is 0 Å². The lowest BCUT2D eigenvalue weighted by Gasteiger charge is -2.02. The lowest BCUT2D eigenvalue weighted by Crippen LogP contribution is -1.95. The first kappa shape index (κ1) is 8.40. The number of carbonyl (C=O) groups is 1. The fourth-order valence-electron chi connectivity index (χ4n) is 0.894. The number of carbonyl (C=O) groups excluding carboxylic acids is 1. The third-order valence-corrected chi connectivity index (χ3v) is 2.44. The normalized spacial score (nSPS) is 9.73. The van der Waals surface area contributed by atoms with Crippen molar-refractivity contribution in [1.82, 2.24) is 4.98 Å². The molecule has 0 fully saturated rings. The molecule has 1 heterocycles. The highest BCUT2D eigenvalue weighted by atomic mass is 79.9. The van der Waals surface area contributed by atoms with E-state index in [4.69, 9.17) is 0 Å². The maximum atomic E-state index is 10.5. The number of hydrogen-bond acceptors (Lipinski definition) is 2. The summed E-state index contributed by atoms with van der Waals surface area (Å²) in [5.74, 6) is 0. The van der Waals surface area contributed by atoms with Gasteiger partial charge in [0.05, 0.1) is 0 Å². The Morgan fingerprint density at radius 1 is 1.55 bits per heavy atom. The maximum Gasteiger partial charge on any atom is 0.152 e. The molecule has 0 aliphatic carbocycles. The summed E-state index contributed by atoms with van der Waals surface area (Å²) >= 11 is 3.30. The van der Waals surface area contributed by atoms with Crippen LogP contribution in [0.4, 0.5) is 0 Å². The van der Waals surface area contributed by atoms with Crippen LogP contribution in [0, 0.1) is 13.8 Å². The molecule has 0 N–H and O–H groups in total. The van der Waals surface area contributed by atoms with Crippen LogP contribution in [-0.4, -0.2) is 11.3 Å². The van der Waals surface area contributed by atoms with Gasteiger partial charge in [-0.15, -0.1) is 0 Å². The van der Waals surface area contributed by atoms with Crippen molar-refractivity contribution in [2.24, 2.45) is 0 Å². The molecule has 0 amide bonds. The van der Waals surface area contributed by atoms with Crippen molar-refractivity contribution in [3.8, 4) is 0 Å². The van der Waals surface area contributed by atoms with Crippen molar-refractivity contribution in [2.75, 3.05) is 0 Å². The number of hydrogen-bond donors (Lipinski definition) is 0. The molecular formula is C8H8BrNO. The van der Waals surface area contributed by atoms with Crippen molar-refractivity contribution in [3.05, 3.63) is 27.5 Å². The van der Waals surface area contributed by atoms with E-state index in [0.29, 0.717) is 5.56 Å². The van der Waals surface area contributed by atoms with Crippen LogP contribution < -0.4 is 0 Å². The zero-order chi connectivity index (χ0) is 8.43. The highest BCUT2D eigenvalue weighted by Crippen LogP contribution is 2.18. The molecule has 1 rings (SSSR count). The number of aromatic nitrogens is 1. The molecule has 0 atom stereocenters. The van der Waals surface area contributed by atoms with Gasteiger partial charge in [-0.1, -0.05) is 0 Å². The standard InChI is InChI=1S/C8H8BrNO/c1-5-7(4-11)6(2)10-3-8(5)9/h3-4H,1-2H3. The van der Waals surface area contributed by atoms with Gasteiger partial charge in [-0.2, -0.15) is 0 Å². The zero-order valence-corrected chi connectivity index (χ0v) is 7.97. The van der Waals surface area contributed by atoms with Crippen LogP contribution in [0.1, 0.15) is 21.6 Å². The number of rotatable bonds is 1. The minimum absolute atomic E-state index is 0.680. The van der Waals surface area contributed by atoms with Gasteiger partial charge in [-0.3, -0.25) is 9.78 Å². The summed E-state index contributed by atoms with van der Waals surface area (Å²) < 4.78 is 0.880. The van der Waals surface area contributed by atoms with Gasteiger partial charge in [0, 0.05) is 21.9 Å². The van der Waals surface area contributed by atoms with Crippen molar-refractivity contribution in [2.45, 2.75) is 13.8 Å². The molecular weight excluding hydrogens is 206 g/mol. The largest absolute Gasteiger partial charge is 0.298 e. The molecule has 0 unspecified atom stereocenters. The summed E-state index contributed by atoms with van der Waals surface area (Å²) in [5, 5.41) is 0. The van der Waals surface area contributed by atoms with Gasteiger partial charge in [0.25, 0.3) is 0 Å². The first-order valence-electron chi connectivity index (χ1n) is 3.23. The molecule has 11 heavy (non-hydrogen) atoms. The third kappa shape index (κ3) is 1.48. The van der Waals surface area contributed by atoms with Gasteiger partial charge in [-0.25, -0.2) is 0 Å². The van der Waals surface area contributed by atoms with Crippen LogP contribution in [0.25, 0.3) is 0 Å². The smallest absolute Gasteiger partial charge is 0.152 e. The quantitative estimate of drug-likeness (QED) is 0.671. The molecule has 0 aliphatic heterocycles.